The van der Waals surface area contributed by atoms with Crippen molar-refractivity contribution in [1.29, 1.82) is 0 Å². The third kappa shape index (κ3) is 5.74. The first kappa shape index (κ1) is 16.2. The summed E-state index contributed by atoms with van der Waals surface area (Å²) in [7, 11) is 1.63. The van der Waals surface area contributed by atoms with Gasteiger partial charge in [-0.2, -0.15) is 0 Å². The average molecular weight is 328 g/mol. The van der Waals surface area contributed by atoms with Crippen LogP contribution in [-0.4, -0.2) is 19.4 Å². The summed E-state index contributed by atoms with van der Waals surface area (Å²) in [5.74, 6) is 1.56. The molecule has 0 bridgehead atoms. The minimum Gasteiger partial charge on any atom is -0.497 e. The molecule has 1 aromatic carbocycles. The number of ketones is 1. The van der Waals surface area contributed by atoms with Gasteiger partial charge in [0, 0.05) is 17.3 Å². The third-order valence-corrected chi connectivity index (χ3v) is 3.99. The molecule has 0 radical (unpaired) electrons. The van der Waals surface area contributed by atoms with Gasteiger partial charge in [0.25, 0.3) is 0 Å². The van der Waals surface area contributed by atoms with Crippen LogP contribution in [0.4, 0.5) is 0 Å². The van der Waals surface area contributed by atoms with E-state index in [1.54, 1.807) is 7.11 Å². The molecule has 1 rings (SSSR count). The van der Waals surface area contributed by atoms with Crippen LogP contribution in [0.1, 0.15) is 31.7 Å². The zero-order valence-corrected chi connectivity index (χ0v) is 13.2. The Bertz CT molecular complexity index is 421. The summed E-state index contributed by atoms with van der Waals surface area (Å²) in [4.78, 5) is 12.0. The van der Waals surface area contributed by atoms with E-state index in [1.165, 1.54) is 0 Å². The van der Waals surface area contributed by atoms with Gasteiger partial charge in [-0.3, -0.25) is 4.79 Å². The van der Waals surface area contributed by atoms with Crippen molar-refractivity contribution in [1.82, 2.24) is 0 Å². The lowest BCUT2D eigenvalue weighted by molar-refractivity contribution is -0.118. The van der Waals surface area contributed by atoms with Crippen molar-refractivity contribution in [3.05, 3.63) is 28.2 Å². The lowest BCUT2D eigenvalue weighted by Crippen LogP contribution is -2.09. The number of carbonyl (C=O) groups excluding carboxylic acids is 1. The molecule has 2 N–H and O–H groups in total. The van der Waals surface area contributed by atoms with Crippen molar-refractivity contribution in [3.8, 4) is 5.75 Å². The summed E-state index contributed by atoms with van der Waals surface area (Å²) < 4.78 is 6.13. The van der Waals surface area contributed by atoms with Gasteiger partial charge in [-0.05, 0) is 49.1 Å². The van der Waals surface area contributed by atoms with Crippen LogP contribution in [0.25, 0.3) is 0 Å². The Balaban J connectivity index is 2.52. The summed E-state index contributed by atoms with van der Waals surface area (Å²) in [6.07, 6.45) is 2.96. The second kappa shape index (κ2) is 8.33. The van der Waals surface area contributed by atoms with Crippen LogP contribution >= 0.6 is 15.9 Å². The molecule has 0 aliphatic rings. The largest absolute Gasteiger partial charge is 0.497 e. The van der Waals surface area contributed by atoms with Gasteiger partial charge in [0.2, 0.25) is 0 Å². The minimum atomic E-state index is 0.262. The summed E-state index contributed by atoms with van der Waals surface area (Å²) in [6.45, 7) is 2.83. The number of benzene rings is 1. The molecule has 0 heterocycles. The zero-order chi connectivity index (χ0) is 14.3. The molecule has 106 valence electrons. The molecule has 1 atom stereocenters. The maximum absolute atomic E-state index is 12.0. The fourth-order valence-electron chi connectivity index (χ4n) is 1.95. The number of Topliss-reactive ketones (excluding diaryl/α,β-unsaturated/α-hetero) is 1. The van der Waals surface area contributed by atoms with Gasteiger partial charge in [0.15, 0.2) is 0 Å². The molecule has 0 saturated carbocycles. The van der Waals surface area contributed by atoms with Crippen molar-refractivity contribution >= 4 is 21.7 Å². The van der Waals surface area contributed by atoms with Crippen LogP contribution in [0, 0.1) is 5.92 Å². The molecule has 0 aromatic heterocycles. The second-order valence-corrected chi connectivity index (χ2v) is 5.75. The average Bonchev–Trinajstić information content (AvgIpc) is 2.39. The van der Waals surface area contributed by atoms with Crippen LogP contribution < -0.4 is 10.5 Å². The van der Waals surface area contributed by atoms with E-state index in [0.717, 1.165) is 28.6 Å². The Morgan fingerprint density at radius 3 is 2.79 bits per heavy atom. The lowest BCUT2D eigenvalue weighted by atomic mass is 9.98. The first-order valence-corrected chi connectivity index (χ1v) is 7.40. The highest BCUT2D eigenvalue weighted by atomic mass is 79.9. The van der Waals surface area contributed by atoms with Gasteiger partial charge >= 0.3 is 0 Å². The monoisotopic (exact) mass is 327 g/mol. The lowest BCUT2D eigenvalue weighted by Gasteiger charge is -2.10. The molecule has 0 saturated heterocycles. The normalized spacial score (nSPS) is 12.2. The van der Waals surface area contributed by atoms with E-state index in [0.29, 0.717) is 25.3 Å². The highest BCUT2D eigenvalue weighted by molar-refractivity contribution is 9.10. The molecule has 0 aliphatic carbocycles. The van der Waals surface area contributed by atoms with Crippen LogP contribution in [0.5, 0.6) is 5.75 Å². The Hall–Kier alpha value is -0.870. The molecule has 3 nitrogen and oxygen atoms in total. The van der Waals surface area contributed by atoms with Gasteiger partial charge in [-0.15, -0.1) is 0 Å². The summed E-state index contributed by atoms with van der Waals surface area (Å²) in [5.41, 5.74) is 6.49. The van der Waals surface area contributed by atoms with Gasteiger partial charge < -0.3 is 10.5 Å². The van der Waals surface area contributed by atoms with Gasteiger partial charge in [-0.25, -0.2) is 0 Å². The molecule has 0 aliphatic heterocycles. The van der Waals surface area contributed by atoms with Gasteiger partial charge in [0.1, 0.15) is 11.5 Å². The Kier molecular flexibility index (Phi) is 7.10. The number of methoxy groups -OCH3 is 1. The first-order chi connectivity index (χ1) is 9.06. The molecular formula is C15H22BrNO2. The van der Waals surface area contributed by atoms with Gasteiger partial charge in [-0.1, -0.05) is 22.9 Å². The van der Waals surface area contributed by atoms with Crippen LogP contribution in [0.2, 0.25) is 0 Å². The van der Waals surface area contributed by atoms with Crippen molar-refractivity contribution in [2.24, 2.45) is 11.7 Å². The maximum atomic E-state index is 12.0. The van der Waals surface area contributed by atoms with Crippen molar-refractivity contribution < 1.29 is 9.53 Å². The Labute approximate surface area is 123 Å². The van der Waals surface area contributed by atoms with E-state index in [-0.39, 0.29) is 5.78 Å². The maximum Gasteiger partial charge on any atom is 0.137 e. The van der Waals surface area contributed by atoms with E-state index in [4.69, 9.17) is 10.5 Å². The zero-order valence-electron chi connectivity index (χ0n) is 11.6. The van der Waals surface area contributed by atoms with Crippen LogP contribution in [0.3, 0.4) is 0 Å². The van der Waals surface area contributed by atoms with Crippen molar-refractivity contribution in [3.63, 3.8) is 0 Å². The molecular weight excluding hydrogens is 306 g/mol. The number of rotatable bonds is 8. The number of carbonyl (C=O) groups is 1. The van der Waals surface area contributed by atoms with E-state index >= 15 is 0 Å². The molecule has 1 aromatic rings. The Morgan fingerprint density at radius 2 is 2.16 bits per heavy atom. The van der Waals surface area contributed by atoms with Crippen LogP contribution in [0.15, 0.2) is 22.7 Å². The van der Waals surface area contributed by atoms with Crippen LogP contribution in [-0.2, 0) is 11.2 Å². The molecule has 1 unspecified atom stereocenters. The smallest absolute Gasteiger partial charge is 0.137 e. The standard InChI is InChI=1S/C15H22BrNO2/c1-11(7-8-17)3-4-13(18)9-12-10-14(19-2)5-6-15(12)16/h5-6,10-11H,3-4,7-9,17H2,1-2H3. The number of hydrogen-bond acceptors (Lipinski definition) is 3. The summed E-state index contributed by atoms with van der Waals surface area (Å²) in [6, 6.07) is 5.70. The molecule has 0 amide bonds. The molecule has 0 spiro atoms. The molecule has 0 fully saturated rings. The number of ether oxygens (including phenoxy) is 1. The highest BCUT2D eigenvalue weighted by Crippen LogP contribution is 2.23. The van der Waals surface area contributed by atoms with E-state index in [2.05, 4.69) is 22.9 Å². The second-order valence-electron chi connectivity index (χ2n) is 4.89. The fraction of sp³-hybridized carbons (Fsp3) is 0.533. The number of hydrogen-bond donors (Lipinski definition) is 1. The van der Waals surface area contributed by atoms with Crippen molar-refractivity contribution in [2.45, 2.75) is 32.6 Å². The predicted molar refractivity (Wildman–Crippen MR) is 81.5 cm³/mol. The highest BCUT2D eigenvalue weighted by Gasteiger charge is 2.10. The van der Waals surface area contributed by atoms with Crippen molar-refractivity contribution in [2.75, 3.05) is 13.7 Å². The van der Waals surface area contributed by atoms with E-state index < -0.39 is 0 Å². The SMILES string of the molecule is COc1ccc(Br)c(CC(=O)CCC(C)CCN)c1. The predicted octanol–water partition coefficient (Wildman–Crippen LogP) is 3.33. The van der Waals surface area contributed by atoms with E-state index in [9.17, 15) is 4.79 Å². The van der Waals surface area contributed by atoms with Gasteiger partial charge in [0.05, 0.1) is 7.11 Å². The third-order valence-electron chi connectivity index (χ3n) is 3.22. The quantitative estimate of drug-likeness (QED) is 0.796. The van der Waals surface area contributed by atoms with E-state index in [1.807, 2.05) is 18.2 Å². The Morgan fingerprint density at radius 1 is 1.42 bits per heavy atom. The summed E-state index contributed by atoms with van der Waals surface area (Å²) >= 11 is 3.47. The minimum absolute atomic E-state index is 0.262. The molecule has 4 heteroatoms. The fourth-order valence-corrected chi connectivity index (χ4v) is 2.34. The first-order valence-electron chi connectivity index (χ1n) is 6.61. The molecule has 19 heavy (non-hydrogen) atoms. The summed E-state index contributed by atoms with van der Waals surface area (Å²) in [5, 5.41) is 0. The number of halogens is 1. The topological polar surface area (TPSA) is 52.3 Å². The number of nitrogens with two attached hydrogens (primary N) is 1.